The highest BCUT2D eigenvalue weighted by Gasteiger charge is 2.24. The van der Waals surface area contributed by atoms with Crippen molar-refractivity contribution in [3.63, 3.8) is 0 Å². The zero-order valence-electron chi connectivity index (χ0n) is 45.0. The summed E-state index contributed by atoms with van der Waals surface area (Å²) in [7, 11) is 0. The van der Waals surface area contributed by atoms with Crippen LogP contribution >= 0.6 is 0 Å². The number of rotatable bonds is 54. The summed E-state index contributed by atoms with van der Waals surface area (Å²) in [6, 6.07) is -0.704. The van der Waals surface area contributed by atoms with Crippen molar-refractivity contribution >= 4 is 11.9 Å². The highest BCUT2D eigenvalue weighted by atomic mass is 16.5. The summed E-state index contributed by atoms with van der Waals surface area (Å²) in [5.74, 6) is -0.472. The van der Waals surface area contributed by atoms with Gasteiger partial charge in [-0.15, -0.1) is 0 Å². The molecule has 0 bridgehead atoms. The van der Waals surface area contributed by atoms with Crippen LogP contribution in [-0.2, 0) is 14.3 Å². The zero-order chi connectivity index (χ0) is 48.8. The van der Waals surface area contributed by atoms with Crippen molar-refractivity contribution in [2.45, 2.75) is 334 Å². The molecular formula is C61H115NO5. The Hall–Kier alpha value is -1.92. The summed E-state index contributed by atoms with van der Waals surface area (Å²) in [5.41, 5.74) is 0. The Morgan fingerprint density at radius 2 is 0.806 bits per heavy atom. The van der Waals surface area contributed by atoms with Crippen LogP contribution in [0.1, 0.15) is 316 Å². The Morgan fingerprint density at radius 3 is 1.22 bits per heavy atom. The molecule has 3 atom stereocenters. The fraction of sp³-hybridized carbons (Fsp3) is 0.869. The van der Waals surface area contributed by atoms with Crippen LogP contribution in [-0.4, -0.2) is 46.9 Å². The fourth-order valence-corrected chi connectivity index (χ4v) is 9.23. The molecule has 0 aromatic carbocycles. The van der Waals surface area contributed by atoms with Crippen LogP contribution in [0, 0.1) is 0 Å². The van der Waals surface area contributed by atoms with E-state index in [-0.39, 0.29) is 24.9 Å². The van der Waals surface area contributed by atoms with Crippen LogP contribution in [0.25, 0.3) is 0 Å². The third-order valence-electron chi connectivity index (χ3n) is 13.7. The molecule has 0 fully saturated rings. The Balaban J connectivity index is 4.52. The normalized spacial score (nSPS) is 13.3. The average molecular weight is 943 g/mol. The van der Waals surface area contributed by atoms with Gasteiger partial charge < -0.3 is 20.3 Å². The first-order valence-electron chi connectivity index (χ1n) is 29.7. The van der Waals surface area contributed by atoms with E-state index in [0.717, 1.165) is 70.6 Å². The number of carbonyl (C=O) groups excluding carboxylic acids is 2. The summed E-state index contributed by atoms with van der Waals surface area (Å²) in [4.78, 5) is 26.3. The van der Waals surface area contributed by atoms with Gasteiger partial charge in [-0.1, -0.05) is 263 Å². The summed E-state index contributed by atoms with van der Waals surface area (Å²) in [6.45, 7) is 6.41. The molecule has 0 aromatic heterocycles. The Kier molecular flexibility index (Phi) is 53.4. The number of allylic oxidation sites excluding steroid dienone is 6. The molecule has 0 spiro atoms. The highest BCUT2D eigenvalue weighted by Crippen LogP contribution is 2.19. The second kappa shape index (κ2) is 55.0. The minimum atomic E-state index is -0.790. The second-order valence-electron chi connectivity index (χ2n) is 20.4. The largest absolute Gasteiger partial charge is 0.462 e. The number of nitrogens with one attached hydrogen (secondary N) is 1. The van der Waals surface area contributed by atoms with Crippen molar-refractivity contribution < 1.29 is 24.5 Å². The molecule has 0 aliphatic rings. The van der Waals surface area contributed by atoms with Crippen LogP contribution in [0.4, 0.5) is 0 Å². The number of carbonyl (C=O) groups is 2. The molecule has 0 rings (SSSR count). The molecule has 0 saturated carbocycles. The van der Waals surface area contributed by atoms with Gasteiger partial charge in [-0.05, 0) is 77.0 Å². The van der Waals surface area contributed by atoms with Crippen molar-refractivity contribution in [2.24, 2.45) is 0 Å². The monoisotopic (exact) mass is 942 g/mol. The number of ether oxygens (including phenoxy) is 1. The third-order valence-corrected chi connectivity index (χ3v) is 13.7. The topological polar surface area (TPSA) is 95.9 Å². The van der Waals surface area contributed by atoms with Gasteiger partial charge in [0.15, 0.2) is 0 Å². The maximum atomic E-state index is 13.3. The quantitative estimate of drug-likeness (QED) is 0.0321. The van der Waals surface area contributed by atoms with Gasteiger partial charge in [0.2, 0.25) is 5.91 Å². The molecule has 1 amide bonds. The Bertz CT molecular complexity index is 1100. The molecule has 0 saturated heterocycles. The third kappa shape index (κ3) is 50.3. The van der Waals surface area contributed by atoms with E-state index in [9.17, 15) is 19.8 Å². The van der Waals surface area contributed by atoms with Gasteiger partial charge >= 0.3 is 5.97 Å². The molecule has 0 aliphatic carbocycles. The molecule has 6 heteroatoms. The smallest absolute Gasteiger partial charge is 0.306 e. The highest BCUT2D eigenvalue weighted by molar-refractivity contribution is 5.77. The Morgan fingerprint density at radius 1 is 0.448 bits per heavy atom. The minimum absolute atomic E-state index is 0.0745. The summed E-state index contributed by atoms with van der Waals surface area (Å²) in [6.07, 6.45) is 66.4. The molecule has 0 heterocycles. The number of hydrogen-bond donors (Lipinski definition) is 3. The lowest BCUT2D eigenvalue weighted by Crippen LogP contribution is -2.46. The molecule has 0 aliphatic heterocycles. The van der Waals surface area contributed by atoms with E-state index < -0.39 is 18.2 Å². The van der Waals surface area contributed by atoms with Crippen LogP contribution in [0.15, 0.2) is 36.5 Å². The van der Waals surface area contributed by atoms with Crippen molar-refractivity contribution in [1.82, 2.24) is 5.32 Å². The van der Waals surface area contributed by atoms with Crippen molar-refractivity contribution in [3.05, 3.63) is 36.5 Å². The molecule has 67 heavy (non-hydrogen) atoms. The molecule has 394 valence electrons. The number of esters is 1. The van der Waals surface area contributed by atoms with Crippen molar-refractivity contribution in [2.75, 3.05) is 6.61 Å². The molecular weight excluding hydrogens is 827 g/mol. The molecule has 6 nitrogen and oxygen atoms in total. The van der Waals surface area contributed by atoms with E-state index in [1.165, 1.54) is 199 Å². The van der Waals surface area contributed by atoms with Gasteiger partial charge in [0, 0.05) is 6.42 Å². The van der Waals surface area contributed by atoms with Gasteiger partial charge in [0.25, 0.3) is 0 Å². The van der Waals surface area contributed by atoms with Crippen LogP contribution < -0.4 is 5.32 Å². The lowest BCUT2D eigenvalue weighted by atomic mass is 10.0. The standard InChI is InChI=1S/C61H115NO5/c1-4-7-10-13-16-19-22-25-28-30-32-34-37-40-43-46-49-52-57(67-61(66)54-51-48-45-42-39-36-27-24-21-18-15-12-9-6-3)55-60(65)62-58(56-63)59(64)53-50-47-44-41-38-35-33-31-29-26-23-20-17-14-11-8-5-2/h9,12,18,21,25,28,57-59,63-64H,4-8,10-11,13-17,19-20,22-24,26-27,29-56H2,1-3H3,(H,62,65)/b12-9+,21-18+,28-25+. The average Bonchev–Trinajstić information content (AvgIpc) is 3.32. The predicted molar refractivity (Wildman–Crippen MR) is 292 cm³/mol. The molecule has 0 radical (unpaired) electrons. The Labute approximate surface area is 417 Å². The number of hydrogen-bond acceptors (Lipinski definition) is 5. The van der Waals surface area contributed by atoms with Crippen LogP contribution in [0.2, 0.25) is 0 Å². The second-order valence-corrected chi connectivity index (χ2v) is 20.4. The van der Waals surface area contributed by atoms with E-state index in [0.29, 0.717) is 19.3 Å². The van der Waals surface area contributed by atoms with Crippen molar-refractivity contribution in [1.29, 1.82) is 0 Å². The zero-order valence-corrected chi connectivity index (χ0v) is 45.0. The first-order valence-corrected chi connectivity index (χ1v) is 29.7. The van der Waals surface area contributed by atoms with Gasteiger partial charge in [0.05, 0.1) is 25.2 Å². The van der Waals surface area contributed by atoms with Gasteiger partial charge in [-0.25, -0.2) is 0 Å². The summed E-state index contributed by atoms with van der Waals surface area (Å²) < 4.78 is 5.96. The maximum Gasteiger partial charge on any atom is 0.306 e. The predicted octanol–water partition coefficient (Wildman–Crippen LogP) is 18.4. The van der Waals surface area contributed by atoms with E-state index in [2.05, 4.69) is 62.5 Å². The van der Waals surface area contributed by atoms with E-state index in [1.807, 2.05) is 0 Å². The lowest BCUT2D eigenvalue weighted by Gasteiger charge is -2.24. The van der Waals surface area contributed by atoms with Gasteiger partial charge in [-0.3, -0.25) is 9.59 Å². The summed E-state index contributed by atoms with van der Waals surface area (Å²) in [5, 5.41) is 23.9. The van der Waals surface area contributed by atoms with Gasteiger partial charge in [0.1, 0.15) is 6.10 Å². The van der Waals surface area contributed by atoms with Gasteiger partial charge in [-0.2, -0.15) is 0 Å². The van der Waals surface area contributed by atoms with E-state index >= 15 is 0 Å². The number of aliphatic hydroxyl groups is 2. The van der Waals surface area contributed by atoms with E-state index in [1.54, 1.807) is 0 Å². The molecule has 3 N–H and O–H groups in total. The minimum Gasteiger partial charge on any atom is -0.462 e. The number of unbranched alkanes of at least 4 members (excludes halogenated alkanes) is 36. The first-order chi connectivity index (χ1) is 33.0. The molecule has 0 aromatic rings. The summed E-state index contributed by atoms with van der Waals surface area (Å²) >= 11 is 0. The van der Waals surface area contributed by atoms with Crippen LogP contribution in [0.3, 0.4) is 0 Å². The van der Waals surface area contributed by atoms with Crippen molar-refractivity contribution in [3.8, 4) is 0 Å². The first kappa shape index (κ1) is 65.1. The SMILES string of the molecule is CC/C=C/C/C=C/CCCCCCCCCC(=O)OC(CCCCCCCCC/C=C/CCCCCCCC)CC(=O)NC(CO)C(O)CCCCCCCCCCCCCCCCCCC. The number of amides is 1. The maximum absolute atomic E-state index is 13.3. The lowest BCUT2D eigenvalue weighted by molar-refractivity contribution is -0.151. The van der Waals surface area contributed by atoms with E-state index in [4.69, 9.17) is 4.74 Å². The fourth-order valence-electron chi connectivity index (χ4n) is 9.23. The number of aliphatic hydroxyl groups excluding tert-OH is 2. The van der Waals surface area contributed by atoms with Crippen LogP contribution in [0.5, 0.6) is 0 Å². The molecule has 3 unspecified atom stereocenters.